The van der Waals surface area contributed by atoms with E-state index in [1.807, 2.05) is 32.0 Å². The predicted octanol–water partition coefficient (Wildman–Crippen LogP) is 2.63. The highest BCUT2D eigenvalue weighted by molar-refractivity contribution is 5.89. The van der Waals surface area contributed by atoms with Crippen LogP contribution in [-0.4, -0.2) is 12.1 Å². The molecule has 0 fully saturated rings. The number of hydrogen-bond acceptors (Lipinski definition) is 2. The first-order chi connectivity index (χ1) is 5.70. The van der Waals surface area contributed by atoms with E-state index in [0.29, 0.717) is 5.56 Å². The molecule has 0 radical (unpaired) electrons. The van der Waals surface area contributed by atoms with Gasteiger partial charge in [-0.25, -0.2) is 4.79 Å². The molecule has 0 bridgehead atoms. The van der Waals surface area contributed by atoms with Gasteiger partial charge in [-0.1, -0.05) is 18.2 Å². The van der Waals surface area contributed by atoms with Gasteiger partial charge in [0.1, 0.15) is 0 Å². The summed E-state index contributed by atoms with van der Waals surface area (Å²) < 4.78 is 5.00. The molecule has 0 atom stereocenters. The van der Waals surface area contributed by atoms with Gasteiger partial charge in [0.15, 0.2) is 0 Å². The van der Waals surface area contributed by atoms with Crippen LogP contribution in [0.25, 0.3) is 0 Å². The van der Waals surface area contributed by atoms with E-state index >= 15 is 0 Å². The van der Waals surface area contributed by atoms with E-state index in [4.69, 9.17) is 4.74 Å². The van der Waals surface area contributed by atoms with E-state index < -0.39 is 0 Å². The number of esters is 1. The molecule has 0 aliphatic carbocycles. The lowest BCUT2D eigenvalue weighted by atomic mass is 10.2. The first kappa shape index (κ1) is 11.6. The minimum Gasteiger partial charge on any atom is -0.459 e. The zero-order valence-electron chi connectivity index (χ0n) is 8.28. The molecular weight excluding hydrogens is 166 g/mol. The molecule has 0 aliphatic rings. The second-order valence-corrected chi connectivity index (χ2v) is 2.82. The highest BCUT2D eigenvalue weighted by Gasteiger charge is 2.06. The van der Waals surface area contributed by atoms with Crippen LogP contribution in [0, 0.1) is 0 Å². The van der Waals surface area contributed by atoms with Crippen LogP contribution in [0.3, 0.4) is 0 Å². The molecule has 0 saturated carbocycles. The molecule has 3 heteroatoms. The topological polar surface area (TPSA) is 62.8 Å². The Kier molecular flexibility index (Phi) is 4.77. The van der Waals surface area contributed by atoms with Crippen LogP contribution in [0.2, 0.25) is 0 Å². The standard InChI is InChI=1S/C10H12O2.H3N/c1-8(2)12-10(11)9-6-4-3-5-7-9;/h3-8H,1-2H3;1H3/p+1. The maximum Gasteiger partial charge on any atom is 0.338 e. The number of carbonyl (C=O) groups is 1. The van der Waals surface area contributed by atoms with E-state index in [-0.39, 0.29) is 18.2 Å². The van der Waals surface area contributed by atoms with Crippen molar-refractivity contribution in [3.8, 4) is 0 Å². The summed E-state index contributed by atoms with van der Waals surface area (Å²) in [5, 5.41) is 0. The van der Waals surface area contributed by atoms with E-state index in [9.17, 15) is 4.79 Å². The third kappa shape index (κ3) is 3.71. The van der Waals surface area contributed by atoms with Crippen molar-refractivity contribution in [3.63, 3.8) is 0 Å². The van der Waals surface area contributed by atoms with Gasteiger partial charge in [-0.3, -0.25) is 0 Å². The fourth-order valence-electron chi connectivity index (χ4n) is 0.856. The third-order valence-corrected chi connectivity index (χ3v) is 1.35. The van der Waals surface area contributed by atoms with Crippen molar-refractivity contribution in [1.82, 2.24) is 6.15 Å². The maximum atomic E-state index is 11.2. The molecule has 0 unspecified atom stereocenters. The van der Waals surface area contributed by atoms with Crippen LogP contribution in [0.1, 0.15) is 24.2 Å². The second kappa shape index (κ2) is 5.32. The summed E-state index contributed by atoms with van der Waals surface area (Å²) in [6.45, 7) is 3.67. The Morgan fingerprint density at radius 2 is 1.77 bits per heavy atom. The fraction of sp³-hybridized carbons (Fsp3) is 0.300. The minimum absolute atomic E-state index is 0. The first-order valence-corrected chi connectivity index (χ1v) is 3.96. The smallest absolute Gasteiger partial charge is 0.338 e. The second-order valence-electron chi connectivity index (χ2n) is 2.82. The summed E-state index contributed by atoms with van der Waals surface area (Å²) in [5.41, 5.74) is 0.603. The highest BCUT2D eigenvalue weighted by Crippen LogP contribution is 2.02. The molecule has 0 aliphatic heterocycles. The van der Waals surface area contributed by atoms with Crippen molar-refractivity contribution in [2.45, 2.75) is 20.0 Å². The third-order valence-electron chi connectivity index (χ3n) is 1.35. The lowest BCUT2D eigenvalue weighted by Crippen LogP contribution is -2.11. The van der Waals surface area contributed by atoms with Gasteiger partial charge in [0, 0.05) is 0 Å². The molecule has 0 aromatic heterocycles. The highest BCUT2D eigenvalue weighted by atomic mass is 16.5. The molecular formula is C10H16NO2+. The van der Waals surface area contributed by atoms with Crippen molar-refractivity contribution < 1.29 is 9.53 Å². The van der Waals surface area contributed by atoms with E-state index in [0.717, 1.165) is 0 Å². The van der Waals surface area contributed by atoms with Crippen molar-refractivity contribution in [2.24, 2.45) is 0 Å². The number of rotatable bonds is 2. The van der Waals surface area contributed by atoms with Crippen molar-refractivity contribution in [1.29, 1.82) is 0 Å². The number of benzene rings is 1. The number of quaternary nitrogens is 1. The van der Waals surface area contributed by atoms with E-state index in [1.54, 1.807) is 12.1 Å². The molecule has 4 N–H and O–H groups in total. The Balaban J connectivity index is 0.00000144. The molecule has 0 saturated heterocycles. The van der Waals surface area contributed by atoms with Crippen LogP contribution in [0.15, 0.2) is 30.3 Å². The van der Waals surface area contributed by atoms with Gasteiger partial charge in [0.05, 0.1) is 11.7 Å². The largest absolute Gasteiger partial charge is 0.459 e. The zero-order chi connectivity index (χ0) is 8.97. The molecule has 0 amide bonds. The average Bonchev–Trinajstić information content (AvgIpc) is 2.05. The maximum absolute atomic E-state index is 11.2. The Bertz CT molecular complexity index is 257. The lowest BCUT2D eigenvalue weighted by Gasteiger charge is -2.06. The van der Waals surface area contributed by atoms with Gasteiger partial charge in [-0.15, -0.1) is 0 Å². The van der Waals surface area contributed by atoms with Crippen LogP contribution >= 0.6 is 0 Å². The summed E-state index contributed by atoms with van der Waals surface area (Å²) in [5.74, 6) is -0.259. The molecule has 0 heterocycles. The van der Waals surface area contributed by atoms with Crippen LogP contribution in [0.5, 0.6) is 0 Å². The summed E-state index contributed by atoms with van der Waals surface area (Å²) in [4.78, 5) is 11.2. The van der Waals surface area contributed by atoms with Gasteiger partial charge >= 0.3 is 5.97 Å². The monoisotopic (exact) mass is 182 g/mol. The molecule has 72 valence electrons. The molecule has 3 nitrogen and oxygen atoms in total. The molecule has 13 heavy (non-hydrogen) atoms. The first-order valence-electron chi connectivity index (χ1n) is 3.96. The van der Waals surface area contributed by atoms with Crippen molar-refractivity contribution in [2.75, 3.05) is 0 Å². The lowest BCUT2D eigenvalue weighted by molar-refractivity contribution is 0.0378. The van der Waals surface area contributed by atoms with Gasteiger partial charge < -0.3 is 10.9 Å². The Morgan fingerprint density at radius 3 is 2.23 bits per heavy atom. The molecule has 1 rings (SSSR count). The molecule has 0 spiro atoms. The van der Waals surface area contributed by atoms with Crippen LogP contribution in [0.4, 0.5) is 0 Å². The van der Waals surface area contributed by atoms with Crippen molar-refractivity contribution >= 4 is 5.97 Å². The fourth-order valence-corrected chi connectivity index (χ4v) is 0.856. The Hall–Kier alpha value is -1.35. The van der Waals surface area contributed by atoms with Gasteiger partial charge in [0.25, 0.3) is 0 Å². The Morgan fingerprint density at radius 1 is 1.23 bits per heavy atom. The molecule has 1 aromatic rings. The summed E-state index contributed by atoms with van der Waals surface area (Å²) >= 11 is 0. The number of hydrogen-bond donors (Lipinski definition) is 1. The van der Waals surface area contributed by atoms with Crippen molar-refractivity contribution in [3.05, 3.63) is 35.9 Å². The SMILES string of the molecule is CC(C)OC(=O)c1ccccc1.[NH4+]. The summed E-state index contributed by atoms with van der Waals surface area (Å²) in [6, 6.07) is 8.98. The molecule has 1 aromatic carbocycles. The van der Waals surface area contributed by atoms with Crippen LogP contribution < -0.4 is 6.15 Å². The predicted molar refractivity (Wildman–Crippen MR) is 53.0 cm³/mol. The van der Waals surface area contributed by atoms with Gasteiger partial charge in [0.2, 0.25) is 0 Å². The summed E-state index contributed by atoms with van der Waals surface area (Å²) in [7, 11) is 0. The normalized spacial score (nSPS) is 9.15. The quantitative estimate of drug-likeness (QED) is 0.714. The Labute approximate surface area is 78.3 Å². The van der Waals surface area contributed by atoms with E-state index in [2.05, 4.69) is 0 Å². The average molecular weight is 182 g/mol. The summed E-state index contributed by atoms with van der Waals surface area (Å²) in [6.07, 6.45) is -0.0577. The number of carbonyl (C=O) groups excluding carboxylic acids is 1. The van der Waals surface area contributed by atoms with Gasteiger partial charge in [-0.05, 0) is 26.0 Å². The van der Waals surface area contributed by atoms with Crippen LogP contribution in [-0.2, 0) is 4.74 Å². The van der Waals surface area contributed by atoms with E-state index in [1.165, 1.54) is 0 Å². The van der Waals surface area contributed by atoms with Gasteiger partial charge in [-0.2, -0.15) is 0 Å². The number of ether oxygens (including phenoxy) is 1. The zero-order valence-corrected chi connectivity index (χ0v) is 8.28. The minimum atomic E-state index is -0.259.